The summed E-state index contributed by atoms with van der Waals surface area (Å²) in [5, 5.41) is 27.5. The molecular formula is C23H30N4O4. The quantitative estimate of drug-likeness (QED) is 0.419. The number of aliphatic hydroxyl groups is 1. The normalized spacial score (nSPS) is 17.0. The van der Waals surface area contributed by atoms with Crippen LogP contribution in [0, 0.1) is 10.1 Å². The van der Waals surface area contributed by atoms with Crippen molar-refractivity contribution in [2.75, 3.05) is 32.0 Å². The predicted molar refractivity (Wildman–Crippen MR) is 120 cm³/mol. The third-order valence-electron chi connectivity index (χ3n) is 5.65. The third-order valence-corrected chi connectivity index (χ3v) is 5.65. The minimum atomic E-state index is -1.29. The lowest BCUT2D eigenvalue weighted by molar-refractivity contribution is -0.491. The molecule has 2 aromatic rings. The van der Waals surface area contributed by atoms with Crippen LogP contribution >= 0.6 is 0 Å². The van der Waals surface area contributed by atoms with E-state index in [1.807, 2.05) is 42.5 Å². The first kappa shape index (κ1) is 22.7. The van der Waals surface area contributed by atoms with Crippen LogP contribution < -0.4 is 10.6 Å². The predicted octanol–water partition coefficient (Wildman–Crippen LogP) is 2.17. The number of benzene rings is 2. The Kier molecular flexibility index (Phi) is 7.97. The average molecular weight is 427 g/mol. The van der Waals surface area contributed by atoms with E-state index in [0.717, 1.165) is 37.2 Å². The maximum atomic E-state index is 12.8. The SMILES string of the molecule is CN1CCC(Nc2ccc(C(=O)N[C@@H](Cc3ccccc3)[C@H](O)C[N+](=O)[O-])cc2)CC1. The minimum absolute atomic E-state index is 0.303. The van der Waals surface area contributed by atoms with E-state index in [4.69, 9.17) is 0 Å². The van der Waals surface area contributed by atoms with E-state index in [-0.39, 0.29) is 5.91 Å². The molecule has 31 heavy (non-hydrogen) atoms. The van der Waals surface area contributed by atoms with Crippen molar-refractivity contribution in [2.45, 2.75) is 37.5 Å². The van der Waals surface area contributed by atoms with Crippen molar-refractivity contribution in [2.24, 2.45) is 0 Å². The highest BCUT2D eigenvalue weighted by atomic mass is 16.6. The zero-order valence-corrected chi connectivity index (χ0v) is 17.7. The molecular weight excluding hydrogens is 396 g/mol. The number of hydrogen-bond donors (Lipinski definition) is 3. The maximum absolute atomic E-state index is 12.8. The smallest absolute Gasteiger partial charge is 0.251 e. The Hall–Kier alpha value is -2.97. The molecule has 0 bridgehead atoms. The van der Waals surface area contributed by atoms with Crippen LogP contribution in [-0.2, 0) is 6.42 Å². The molecule has 0 unspecified atom stereocenters. The molecule has 166 valence electrons. The van der Waals surface area contributed by atoms with Crippen LogP contribution in [0.1, 0.15) is 28.8 Å². The van der Waals surface area contributed by atoms with E-state index in [1.54, 1.807) is 12.1 Å². The largest absolute Gasteiger partial charge is 0.384 e. The fraction of sp³-hybridized carbons (Fsp3) is 0.435. The molecule has 0 spiro atoms. The van der Waals surface area contributed by atoms with Gasteiger partial charge in [-0.25, -0.2) is 0 Å². The Labute approximate surface area is 182 Å². The lowest BCUT2D eigenvalue weighted by Gasteiger charge is -2.30. The molecule has 3 rings (SSSR count). The van der Waals surface area contributed by atoms with Crippen molar-refractivity contribution < 1.29 is 14.8 Å². The lowest BCUT2D eigenvalue weighted by atomic mass is 10.0. The molecule has 0 saturated carbocycles. The number of piperidine rings is 1. The second-order valence-electron chi connectivity index (χ2n) is 8.15. The topological polar surface area (TPSA) is 108 Å². The van der Waals surface area contributed by atoms with Gasteiger partial charge in [-0.3, -0.25) is 14.9 Å². The summed E-state index contributed by atoms with van der Waals surface area (Å²) >= 11 is 0. The first-order chi connectivity index (χ1) is 14.9. The molecule has 0 radical (unpaired) electrons. The van der Waals surface area contributed by atoms with Crippen LogP contribution in [-0.4, -0.2) is 65.7 Å². The van der Waals surface area contributed by atoms with Crippen molar-refractivity contribution >= 4 is 11.6 Å². The number of rotatable bonds is 9. The summed E-state index contributed by atoms with van der Waals surface area (Å²) in [6.45, 7) is 1.50. The summed E-state index contributed by atoms with van der Waals surface area (Å²) in [5.41, 5.74) is 2.29. The zero-order valence-electron chi connectivity index (χ0n) is 17.7. The summed E-state index contributed by atoms with van der Waals surface area (Å²) in [5.74, 6) is -0.367. The van der Waals surface area contributed by atoms with Crippen LogP contribution in [0.15, 0.2) is 54.6 Å². The Morgan fingerprint density at radius 1 is 1.16 bits per heavy atom. The number of hydrogen-bond acceptors (Lipinski definition) is 6. The third kappa shape index (κ3) is 7.04. The maximum Gasteiger partial charge on any atom is 0.251 e. The summed E-state index contributed by atoms with van der Waals surface area (Å²) in [4.78, 5) is 25.4. The Balaban J connectivity index is 1.62. The molecule has 1 aliphatic heterocycles. The number of likely N-dealkylation sites (tertiary alicyclic amines) is 1. The highest BCUT2D eigenvalue weighted by Crippen LogP contribution is 2.17. The van der Waals surface area contributed by atoms with Crippen LogP contribution in [0.25, 0.3) is 0 Å². The van der Waals surface area contributed by atoms with Crippen molar-refractivity contribution in [1.82, 2.24) is 10.2 Å². The van der Waals surface area contributed by atoms with Gasteiger partial charge in [0.1, 0.15) is 6.10 Å². The summed E-state index contributed by atoms with van der Waals surface area (Å²) in [6.07, 6.45) is 1.17. The standard InChI is InChI=1S/C23H30N4O4/c1-26-13-11-20(12-14-26)24-19-9-7-18(8-10-19)23(29)25-21(22(28)16-27(30)31)15-17-5-3-2-4-6-17/h2-10,20-22,24,28H,11-16H2,1H3,(H,25,29)/t21-,22+/m0/s1. The molecule has 0 aliphatic carbocycles. The van der Waals surface area contributed by atoms with E-state index in [9.17, 15) is 20.0 Å². The van der Waals surface area contributed by atoms with Crippen molar-refractivity contribution in [3.05, 3.63) is 75.8 Å². The molecule has 1 saturated heterocycles. The molecule has 8 heteroatoms. The molecule has 1 heterocycles. The van der Waals surface area contributed by atoms with Crippen LogP contribution in [0.5, 0.6) is 0 Å². The van der Waals surface area contributed by atoms with Crippen LogP contribution in [0.3, 0.4) is 0 Å². The van der Waals surface area contributed by atoms with Gasteiger partial charge >= 0.3 is 0 Å². The van der Waals surface area contributed by atoms with Crippen LogP contribution in [0.4, 0.5) is 5.69 Å². The Morgan fingerprint density at radius 2 is 1.81 bits per heavy atom. The van der Waals surface area contributed by atoms with Gasteiger partial charge in [0.15, 0.2) is 0 Å². The molecule has 0 aromatic heterocycles. The van der Waals surface area contributed by atoms with Gasteiger partial charge in [0.05, 0.1) is 6.04 Å². The number of anilines is 1. The Bertz CT molecular complexity index is 852. The second kappa shape index (κ2) is 10.9. The van der Waals surface area contributed by atoms with Crippen LogP contribution in [0.2, 0.25) is 0 Å². The Morgan fingerprint density at radius 3 is 2.42 bits per heavy atom. The number of aliphatic hydroxyl groups excluding tert-OH is 1. The number of nitro groups is 1. The average Bonchev–Trinajstić information content (AvgIpc) is 2.75. The molecule has 1 fully saturated rings. The van der Waals surface area contributed by atoms with Gasteiger partial charge in [-0.1, -0.05) is 30.3 Å². The second-order valence-corrected chi connectivity index (χ2v) is 8.15. The molecule has 3 N–H and O–H groups in total. The molecule has 2 atom stereocenters. The summed E-state index contributed by atoms with van der Waals surface area (Å²) in [6, 6.07) is 16.1. The van der Waals surface area contributed by atoms with Gasteiger partial charge in [-0.05, 0) is 69.2 Å². The van der Waals surface area contributed by atoms with Crippen molar-refractivity contribution in [3.63, 3.8) is 0 Å². The highest BCUT2D eigenvalue weighted by molar-refractivity contribution is 5.94. The fourth-order valence-electron chi connectivity index (χ4n) is 3.79. The van der Waals surface area contributed by atoms with Crippen molar-refractivity contribution in [3.8, 4) is 0 Å². The van der Waals surface area contributed by atoms with Gasteiger partial charge in [0.25, 0.3) is 5.91 Å². The fourth-order valence-corrected chi connectivity index (χ4v) is 3.79. The monoisotopic (exact) mass is 426 g/mol. The van der Waals surface area contributed by atoms with E-state index in [0.29, 0.717) is 18.0 Å². The first-order valence-corrected chi connectivity index (χ1v) is 10.6. The zero-order chi connectivity index (χ0) is 22.2. The van der Waals surface area contributed by atoms with E-state index in [1.165, 1.54) is 0 Å². The van der Waals surface area contributed by atoms with Gasteiger partial charge < -0.3 is 20.6 Å². The molecule has 1 amide bonds. The molecule has 2 aromatic carbocycles. The van der Waals surface area contributed by atoms with Gasteiger partial charge in [0, 0.05) is 22.2 Å². The number of nitrogens with zero attached hydrogens (tertiary/aromatic N) is 2. The highest BCUT2D eigenvalue weighted by Gasteiger charge is 2.26. The molecule has 1 aliphatic rings. The lowest BCUT2D eigenvalue weighted by Crippen LogP contribution is -2.47. The minimum Gasteiger partial charge on any atom is -0.384 e. The summed E-state index contributed by atoms with van der Waals surface area (Å²) in [7, 11) is 2.12. The van der Waals surface area contributed by atoms with Gasteiger partial charge in [0.2, 0.25) is 6.54 Å². The van der Waals surface area contributed by atoms with Gasteiger partial charge in [-0.2, -0.15) is 0 Å². The molecule has 8 nitrogen and oxygen atoms in total. The van der Waals surface area contributed by atoms with E-state index < -0.39 is 23.6 Å². The first-order valence-electron chi connectivity index (χ1n) is 10.6. The number of carbonyl (C=O) groups is 1. The van der Waals surface area contributed by atoms with E-state index in [2.05, 4.69) is 22.6 Å². The summed E-state index contributed by atoms with van der Waals surface area (Å²) < 4.78 is 0. The number of nitrogens with one attached hydrogen (secondary N) is 2. The van der Waals surface area contributed by atoms with E-state index >= 15 is 0 Å². The number of amides is 1. The number of carbonyl (C=O) groups excluding carboxylic acids is 1. The van der Waals surface area contributed by atoms with Gasteiger partial charge in [-0.15, -0.1) is 0 Å². The van der Waals surface area contributed by atoms with Crippen molar-refractivity contribution in [1.29, 1.82) is 0 Å².